The zero-order valence-electron chi connectivity index (χ0n) is 6.35. The summed E-state index contributed by atoms with van der Waals surface area (Å²) in [7, 11) is 1.74. The summed E-state index contributed by atoms with van der Waals surface area (Å²) in [6, 6.07) is -0.0665. The van der Waals surface area contributed by atoms with Crippen LogP contribution in [0.4, 0.5) is 4.79 Å². The Balaban J connectivity index is 3.42. The number of nitrogens with one attached hydrogen (secondary N) is 1. The van der Waals surface area contributed by atoms with E-state index in [1.807, 2.05) is 6.92 Å². The normalized spacial score (nSPS) is 9.10. The highest BCUT2D eigenvalue weighted by Gasteiger charge is 2.02. The summed E-state index contributed by atoms with van der Waals surface area (Å²) >= 11 is 5.36. The largest absolute Gasteiger partial charge is 0.337 e. The third kappa shape index (κ3) is 3.56. The predicted octanol–water partition coefficient (Wildman–Crippen LogP) is 0.886. The molecule has 60 valence electrons. The number of hydrogen-bond donors (Lipinski definition) is 1. The molecule has 2 amide bonds. The molecule has 0 unspecified atom stereocenters. The lowest BCUT2D eigenvalue weighted by molar-refractivity contribution is 0.212. The van der Waals surface area contributed by atoms with Crippen LogP contribution in [0, 0.1) is 0 Å². The van der Waals surface area contributed by atoms with Gasteiger partial charge in [-0.1, -0.05) is 0 Å². The molecule has 10 heavy (non-hydrogen) atoms. The molecule has 0 saturated heterocycles. The number of amides is 2. The molecule has 0 heterocycles. The fourth-order valence-electron chi connectivity index (χ4n) is 0.433. The molecule has 0 fully saturated rings. The lowest BCUT2D eigenvalue weighted by atomic mass is 10.6. The van der Waals surface area contributed by atoms with Crippen LogP contribution in [-0.2, 0) is 0 Å². The first-order chi connectivity index (χ1) is 4.72. The first-order valence-corrected chi connectivity index (χ1v) is 3.80. The molecule has 0 spiro atoms. The van der Waals surface area contributed by atoms with Crippen molar-refractivity contribution in [2.75, 3.05) is 26.0 Å². The maximum absolute atomic E-state index is 10.9. The second kappa shape index (κ2) is 5.35. The van der Waals surface area contributed by atoms with Crippen molar-refractivity contribution in [3.05, 3.63) is 0 Å². The van der Waals surface area contributed by atoms with E-state index in [1.54, 1.807) is 11.9 Å². The number of halogens is 1. The van der Waals surface area contributed by atoms with Crippen LogP contribution in [0.15, 0.2) is 0 Å². The number of carbonyl (C=O) groups excluding carboxylic acids is 1. The third-order valence-electron chi connectivity index (χ3n) is 1.19. The summed E-state index contributed by atoms with van der Waals surface area (Å²) in [5.74, 6) is 0.462. The van der Waals surface area contributed by atoms with Gasteiger partial charge in [-0.3, -0.25) is 0 Å². The number of urea groups is 1. The number of alkyl halides is 1. The van der Waals surface area contributed by atoms with E-state index in [9.17, 15) is 4.79 Å². The van der Waals surface area contributed by atoms with Gasteiger partial charge in [0.2, 0.25) is 0 Å². The molecule has 0 aromatic carbocycles. The van der Waals surface area contributed by atoms with E-state index in [0.29, 0.717) is 19.0 Å². The van der Waals surface area contributed by atoms with Crippen molar-refractivity contribution in [3.63, 3.8) is 0 Å². The summed E-state index contributed by atoms with van der Waals surface area (Å²) in [4.78, 5) is 12.5. The molecule has 4 heteroatoms. The minimum atomic E-state index is -0.0665. The zero-order chi connectivity index (χ0) is 7.98. The highest BCUT2D eigenvalue weighted by Crippen LogP contribution is 1.81. The summed E-state index contributed by atoms with van der Waals surface area (Å²) in [6.07, 6.45) is 0. The van der Waals surface area contributed by atoms with E-state index in [0.717, 1.165) is 0 Å². The van der Waals surface area contributed by atoms with Crippen molar-refractivity contribution >= 4 is 17.6 Å². The quantitative estimate of drug-likeness (QED) is 0.618. The van der Waals surface area contributed by atoms with Gasteiger partial charge in [-0.2, -0.15) is 0 Å². The maximum atomic E-state index is 10.9. The van der Waals surface area contributed by atoms with Crippen molar-refractivity contribution in [1.29, 1.82) is 0 Å². The van der Waals surface area contributed by atoms with Crippen LogP contribution in [0.5, 0.6) is 0 Å². The van der Waals surface area contributed by atoms with Crippen molar-refractivity contribution in [2.24, 2.45) is 0 Å². The average Bonchev–Trinajstić information content (AvgIpc) is 1.98. The third-order valence-corrected chi connectivity index (χ3v) is 1.38. The van der Waals surface area contributed by atoms with Gasteiger partial charge in [0, 0.05) is 26.0 Å². The van der Waals surface area contributed by atoms with Crippen LogP contribution in [0.1, 0.15) is 6.92 Å². The Morgan fingerprint density at radius 2 is 2.30 bits per heavy atom. The maximum Gasteiger partial charge on any atom is 0.317 e. The van der Waals surface area contributed by atoms with Gasteiger partial charge in [-0.25, -0.2) is 4.79 Å². The predicted molar refractivity (Wildman–Crippen MR) is 42.4 cm³/mol. The molecular formula is C6H13ClN2O. The number of nitrogens with zero attached hydrogens (tertiary/aromatic N) is 1. The zero-order valence-corrected chi connectivity index (χ0v) is 7.11. The van der Waals surface area contributed by atoms with Gasteiger partial charge in [-0.05, 0) is 6.92 Å². The van der Waals surface area contributed by atoms with E-state index >= 15 is 0 Å². The van der Waals surface area contributed by atoms with Crippen LogP contribution < -0.4 is 5.32 Å². The van der Waals surface area contributed by atoms with E-state index in [2.05, 4.69) is 5.32 Å². The average molecular weight is 165 g/mol. The van der Waals surface area contributed by atoms with Crippen molar-refractivity contribution in [3.8, 4) is 0 Å². The molecule has 0 saturated carbocycles. The fourth-order valence-corrected chi connectivity index (χ4v) is 0.527. The molecule has 0 aliphatic heterocycles. The Bertz CT molecular complexity index is 108. The Hall–Kier alpha value is -0.440. The van der Waals surface area contributed by atoms with Crippen molar-refractivity contribution in [1.82, 2.24) is 10.2 Å². The van der Waals surface area contributed by atoms with Crippen LogP contribution >= 0.6 is 11.6 Å². The minimum Gasteiger partial charge on any atom is -0.337 e. The molecule has 0 radical (unpaired) electrons. The van der Waals surface area contributed by atoms with Crippen molar-refractivity contribution in [2.45, 2.75) is 6.92 Å². The van der Waals surface area contributed by atoms with Crippen LogP contribution in [-0.4, -0.2) is 36.9 Å². The van der Waals surface area contributed by atoms with E-state index in [-0.39, 0.29) is 6.03 Å². The topological polar surface area (TPSA) is 32.3 Å². The van der Waals surface area contributed by atoms with Gasteiger partial charge in [0.05, 0.1) is 0 Å². The van der Waals surface area contributed by atoms with Crippen LogP contribution in [0.3, 0.4) is 0 Å². The Morgan fingerprint density at radius 1 is 1.70 bits per heavy atom. The molecule has 0 aromatic rings. The minimum absolute atomic E-state index is 0.0665. The van der Waals surface area contributed by atoms with Gasteiger partial charge in [-0.15, -0.1) is 11.6 Å². The summed E-state index contributed by atoms with van der Waals surface area (Å²) in [5, 5.41) is 2.64. The van der Waals surface area contributed by atoms with Gasteiger partial charge in [0.1, 0.15) is 0 Å². The summed E-state index contributed by atoms with van der Waals surface area (Å²) in [6.45, 7) is 3.17. The first-order valence-electron chi connectivity index (χ1n) is 3.27. The van der Waals surface area contributed by atoms with E-state index in [4.69, 9.17) is 11.6 Å². The Labute approximate surface area is 66.3 Å². The molecule has 0 aliphatic rings. The molecule has 0 aliphatic carbocycles. The summed E-state index contributed by atoms with van der Waals surface area (Å²) in [5.41, 5.74) is 0. The standard InChI is InChI=1S/C6H13ClN2O/c1-3-9(2)6(10)8-5-4-7/h3-5H2,1-2H3,(H,8,10). The molecule has 0 atom stereocenters. The van der Waals surface area contributed by atoms with Gasteiger partial charge in [0.25, 0.3) is 0 Å². The Morgan fingerprint density at radius 3 is 2.70 bits per heavy atom. The SMILES string of the molecule is CCN(C)C(=O)NCCCl. The molecule has 1 N–H and O–H groups in total. The lowest BCUT2D eigenvalue weighted by Crippen LogP contribution is -2.37. The highest BCUT2D eigenvalue weighted by molar-refractivity contribution is 6.18. The Kier molecular flexibility index (Phi) is 5.12. The highest BCUT2D eigenvalue weighted by atomic mass is 35.5. The van der Waals surface area contributed by atoms with Crippen LogP contribution in [0.2, 0.25) is 0 Å². The van der Waals surface area contributed by atoms with E-state index < -0.39 is 0 Å². The van der Waals surface area contributed by atoms with E-state index in [1.165, 1.54) is 0 Å². The fraction of sp³-hybridized carbons (Fsp3) is 0.833. The van der Waals surface area contributed by atoms with Crippen molar-refractivity contribution < 1.29 is 4.79 Å². The number of rotatable bonds is 3. The molecule has 0 aromatic heterocycles. The first kappa shape index (κ1) is 9.56. The lowest BCUT2D eigenvalue weighted by Gasteiger charge is -2.14. The molecular weight excluding hydrogens is 152 g/mol. The van der Waals surface area contributed by atoms with Gasteiger partial charge >= 0.3 is 6.03 Å². The molecule has 3 nitrogen and oxygen atoms in total. The smallest absolute Gasteiger partial charge is 0.317 e. The molecule has 0 bridgehead atoms. The molecule has 0 rings (SSSR count). The summed E-state index contributed by atoms with van der Waals surface area (Å²) < 4.78 is 0. The van der Waals surface area contributed by atoms with Gasteiger partial charge in [0.15, 0.2) is 0 Å². The second-order valence-electron chi connectivity index (χ2n) is 1.94. The second-order valence-corrected chi connectivity index (χ2v) is 2.31. The number of carbonyl (C=O) groups is 1. The van der Waals surface area contributed by atoms with Gasteiger partial charge < -0.3 is 10.2 Å². The monoisotopic (exact) mass is 164 g/mol. The number of hydrogen-bond acceptors (Lipinski definition) is 1. The van der Waals surface area contributed by atoms with Crippen LogP contribution in [0.25, 0.3) is 0 Å².